The molecule has 0 bridgehead atoms. The summed E-state index contributed by atoms with van der Waals surface area (Å²) in [5.41, 5.74) is 0.733. The van der Waals surface area contributed by atoms with Gasteiger partial charge < -0.3 is 14.6 Å². The Labute approximate surface area is 104 Å². The van der Waals surface area contributed by atoms with Crippen molar-refractivity contribution in [2.24, 2.45) is 0 Å². The van der Waals surface area contributed by atoms with E-state index in [1.54, 1.807) is 20.4 Å². The van der Waals surface area contributed by atoms with Crippen LogP contribution in [0.1, 0.15) is 5.69 Å². The molecule has 100 valence electrons. The molecule has 1 aliphatic heterocycles. The lowest BCUT2D eigenvalue weighted by atomic mass is 10.1. The van der Waals surface area contributed by atoms with Crippen molar-refractivity contribution in [2.75, 3.05) is 27.3 Å². The summed E-state index contributed by atoms with van der Waals surface area (Å²) < 4.78 is 11.8. The second kappa shape index (κ2) is 5.01. The minimum atomic E-state index is -0.937. The summed E-state index contributed by atoms with van der Waals surface area (Å²) in [5.74, 6) is -1.45. The molecule has 1 fully saturated rings. The Morgan fingerprint density at radius 2 is 2.17 bits per heavy atom. The fraction of sp³-hybridized carbons (Fsp3) is 0.700. The third-order valence-corrected chi connectivity index (χ3v) is 2.94. The Hall–Kier alpha value is -1.51. The van der Waals surface area contributed by atoms with Crippen molar-refractivity contribution in [3.8, 4) is 0 Å². The van der Waals surface area contributed by atoms with E-state index in [0.717, 1.165) is 5.69 Å². The number of aromatic nitrogens is 3. The largest absolute Gasteiger partial charge is 0.480 e. The molecule has 1 aliphatic rings. The Kier molecular flexibility index (Phi) is 3.60. The minimum absolute atomic E-state index is 0.174. The zero-order valence-electron chi connectivity index (χ0n) is 10.4. The van der Waals surface area contributed by atoms with Gasteiger partial charge in [-0.1, -0.05) is 5.21 Å². The summed E-state index contributed by atoms with van der Waals surface area (Å²) in [7, 11) is 3.23. The van der Waals surface area contributed by atoms with E-state index in [0.29, 0.717) is 19.6 Å². The molecule has 0 spiro atoms. The van der Waals surface area contributed by atoms with Crippen molar-refractivity contribution in [1.82, 2.24) is 19.9 Å². The number of carbonyl (C=O) groups is 1. The zero-order chi connectivity index (χ0) is 13.2. The number of hydrogen-bond acceptors (Lipinski definition) is 6. The lowest BCUT2D eigenvalue weighted by Crippen LogP contribution is -2.63. The maximum Gasteiger partial charge on any atom is 0.325 e. The van der Waals surface area contributed by atoms with E-state index >= 15 is 0 Å². The molecule has 2 heterocycles. The zero-order valence-corrected chi connectivity index (χ0v) is 10.4. The van der Waals surface area contributed by atoms with Crippen molar-refractivity contribution < 1.29 is 19.4 Å². The lowest BCUT2D eigenvalue weighted by Gasteiger charge is -2.47. The maximum atomic E-state index is 10.5. The highest BCUT2D eigenvalue weighted by molar-refractivity contribution is 5.66. The Bertz CT molecular complexity index is 421. The maximum absolute atomic E-state index is 10.5. The van der Waals surface area contributed by atoms with Gasteiger partial charge in [0, 0.05) is 20.8 Å². The Balaban J connectivity index is 1.85. The predicted octanol–water partition coefficient (Wildman–Crippen LogP) is -0.833. The molecule has 0 radical (unpaired) electrons. The fourth-order valence-corrected chi connectivity index (χ4v) is 1.94. The fourth-order valence-electron chi connectivity index (χ4n) is 1.94. The number of nitrogens with zero attached hydrogens (tertiary/aromatic N) is 4. The van der Waals surface area contributed by atoms with Crippen LogP contribution in [0.4, 0.5) is 0 Å². The van der Waals surface area contributed by atoms with Gasteiger partial charge in [-0.3, -0.25) is 9.69 Å². The number of ether oxygens (including phenoxy) is 2. The van der Waals surface area contributed by atoms with Crippen LogP contribution in [0.25, 0.3) is 0 Å². The number of likely N-dealkylation sites (tertiary alicyclic amines) is 1. The number of rotatable bonds is 6. The van der Waals surface area contributed by atoms with Gasteiger partial charge in [-0.2, -0.15) is 0 Å². The quantitative estimate of drug-likeness (QED) is 0.664. The van der Waals surface area contributed by atoms with Gasteiger partial charge in [-0.05, 0) is 0 Å². The van der Waals surface area contributed by atoms with Crippen LogP contribution in [0.2, 0.25) is 0 Å². The van der Waals surface area contributed by atoms with Crippen molar-refractivity contribution in [2.45, 2.75) is 18.9 Å². The lowest BCUT2D eigenvalue weighted by molar-refractivity contribution is -0.277. The molecular weight excluding hydrogens is 240 g/mol. The Morgan fingerprint density at radius 1 is 1.50 bits per heavy atom. The molecule has 18 heavy (non-hydrogen) atoms. The number of aliphatic carboxylic acids is 1. The molecule has 0 aliphatic carbocycles. The van der Waals surface area contributed by atoms with E-state index in [1.807, 2.05) is 0 Å². The van der Waals surface area contributed by atoms with Gasteiger partial charge >= 0.3 is 5.97 Å². The van der Waals surface area contributed by atoms with E-state index in [4.69, 9.17) is 14.6 Å². The van der Waals surface area contributed by atoms with Gasteiger partial charge in [0.05, 0.1) is 25.0 Å². The van der Waals surface area contributed by atoms with E-state index in [1.165, 1.54) is 4.68 Å². The smallest absolute Gasteiger partial charge is 0.325 e. The van der Waals surface area contributed by atoms with Crippen molar-refractivity contribution in [1.29, 1.82) is 0 Å². The first-order valence-corrected chi connectivity index (χ1v) is 5.50. The summed E-state index contributed by atoms with van der Waals surface area (Å²) in [6.45, 7) is 1.75. The van der Waals surface area contributed by atoms with E-state index in [9.17, 15) is 4.79 Å². The molecule has 1 N–H and O–H groups in total. The van der Waals surface area contributed by atoms with Gasteiger partial charge in [-0.25, -0.2) is 4.68 Å². The normalized spacial score (nSPS) is 18.6. The van der Waals surface area contributed by atoms with Gasteiger partial charge in [0.2, 0.25) is 0 Å². The molecule has 1 aromatic rings. The van der Waals surface area contributed by atoms with Crippen LogP contribution >= 0.6 is 0 Å². The first-order chi connectivity index (χ1) is 8.57. The molecule has 0 amide bonds. The highest BCUT2D eigenvalue weighted by Gasteiger charge is 2.43. The number of carboxylic acids is 1. The average molecular weight is 256 g/mol. The molecule has 0 aromatic carbocycles. The van der Waals surface area contributed by atoms with E-state index < -0.39 is 11.8 Å². The number of carboxylic acid groups (broad SMARTS) is 1. The molecule has 1 saturated heterocycles. The van der Waals surface area contributed by atoms with Crippen LogP contribution in [-0.4, -0.2) is 64.1 Å². The molecule has 1 aromatic heterocycles. The minimum Gasteiger partial charge on any atom is -0.480 e. The van der Waals surface area contributed by atoms with Crippen LogP contribution in [-0.2, 0) is 27.4 Å². The third-order valence-electron chi connectivity index (χ3n) is 2.94. The first kappa shape index (κ1) is 12.9. The number of methoxy groups -OCH3 is 2. The molecule has 0 atom stereocenters. The average Bonchev–Trinajstić information content (AvgIpc) is 2.69. The summed E-state index contributed by atoms with van der Waals surface area (Å²) in [6.07, 6.45) is 1.63. The van der Waals surface area contributed by atoms with Crippen LogP contribution in [0.15, 0.2) is 6.20 Å². The van der Waals surface area contributed by atoms with Gasteiger partial charge in [0.15, 0.2) is 5.79 Å². The van der Waals surface area contributed by atoms with Crippen LogP contribution in [0.3, 0.4) is 0 Å². The van der Waals surface area contributed by atoms with Crippen LogP contribution < -0.4 is 0 Å². The second-order valence-corrected chi connectivity index (χ2v) is 4.27. The molecule has 2 rings (SSSR count). The van der Waals surface area contributed by atoms with E-state index in [-0.39, 0.29) is 6.54 Å². The standard InChI is InChI=1S/C10H16N4O4/c1-17-10(18-2)6-13(7-10)3-8-4-14(12-11-8)5-9(15)16/h4H,3,5-7H2,1-2H3,(H,15,16). The summed E-state index contributed by atoms with van der Waals surface area (Å²) in [6, 6.07) is 0. The summed E-state index contributed by atoms with van der Waals surface area (Å²) in [5, 5.41) is 16.3. The molecule has 8 heteroatoms. The van der Waals surface area contributed by atoms with Crippen molar-refractivity contribution >= 4 is 5.97 Å². The Morgan fingerprint density at radius 3 is 2.72 bits per heavy atom. The molecule has 0 saturated carbocycles. The topological polar surface area (TPSA) is 89.7 Å². The van der Waals surface area contributed by atoms with Crippen molar-refractivity contribution in [3.05, 3.63) is 11.9 Å². The number of hydrogen-bond donors (Lipinski definition) is 1. The summed E-state index contributed by atoms with van der Waals surface area (Å²) >= 11 is 0. The monoisotopic (exact) mass is 256 g/mol. The highest BCUT2D eigenvalue weighted by Crippen LogP contribution is 2.26. The van der Waals surface area contributed by atoms with Gasteiger partial charge in [0.1, 0.15) is 6.54 Å². The SMILES string of the molecule is COC1(OC)CN(Cc2cn(CC(=O)O)nn2)C1. The van der Waals surface area contributed by atoms with Crippen LogP contribution in [0, 0.1) is 0 Å². The molecule has 0 unspecified atom stereocenters. The first-order valence-electron chi connectivity index (χ1n) is 5.50. The van der Waals surface area contributed by atoms with E-state index in [2.05, 4.69) is 15.2 Å². The highest BCUT2D eigenvalue weighted by atomic mass is 16.7. The van der Waals surface area contributed by atoms with Crippen LogP contribution in [0.5, 0.6) is 0 Å². The molecular formula is C10H16N4O4. The van der Waals surface area contributed by atoms with Gasteiger partial charge in [-0.15, -0.1) is 5.10 Å². The second-order valence-electron chi connectivity index (χ2n) is 4.27. The van der Waals surface area contributed by atoms with Gasteiger partial charge in [0.25, 0.3) is 0 Å². The third kappa shape index (κ3) is 2.66. The predicted molar refractivity (Wildman–Crippen MR) is 59.7 cm³/mol. The van der Waals surface area contributed by atoms with Crippen molar-refractivity contribution in [3.63, 3.8) is 0 Å². The molecule has 8 nitrogen and oxygen atoms in total. The summed E-state index contributed by atoms with van der Waals surface area (Å²) in [4.78, 5) is 12.6.